The third-order valence-electron chi connectivity index (χ3n) is 5.03. The van der Waals surface area contributed by atoms with Crippen molar-refractivity contribution in [2.45, 2.75) is 32.2 Å². The van der Waals surface area contributed by atoms with E-state index >= 15 is 0 Å². The van der Waals surface area contributed by atoms with Gasteiger partial charge in [0.15, 0.2) is 0 Å². The molecule has 3 amide bonds. The van der Waals surface area contributed by atoms with Gasteiger partial charge in [-0.05, 0) is 48.4 Å². The monoisotopic (exact) mass is 371 g/mol. The zero-order chi connectivity index (χ0) is 18.9. The fourth-order valence-corrected chi connectivity index (χ4v) is 3.89. The molecule has 1 aromatic carbocycles. The van der Waals surface area contributed by atoms with Crippen LogP contribution in [0.5, 0.6) is 5.75 Å². The number of benzene rings is 1. The van der Waals surface area contributed by atoms with Crippen molar-refractivity contribution >= 4 is 17.6 Å². The van der Waals surface area contributed by atoms with Crippen LogP contribution in [0.3, 0.4) is 0 Å². The molecular formula is C17H20F3N3O3. The minimum atomic E-state index is -4.75. The van der Waals surface area contributed by atoms with Crippen molar-refractivity contribution in [2.75, 3.05) is 11.9 Å². The van der Waals surface area contributed by atoms with Gasteiger partial charge >= 0.3 is 12.4 Å². The predicted molar refractivity (Wildman–Crippen MR) is 87.5 cm³/mol. The summed E-state index contributed by atoms with van der Waals surface area (Å²) in [4.78, 5) is 23.5. The number of ether oxygens (including phenoxy) is 1. The second-order valence-electron chi connectivity index (χ2n) is 6.83. The fourth-order valence-electron chi connectivity index (χ4n) is 3.89. The Balaban J connectivity index is 1.49. The summed E-state index contributed by atoms with van der Waals surface area (Å²) in [7, 11) is 0. The maximum absolute atomic E-state index is 12.1. The number of rotatable bonds is 4. The van der Waals surface area contributed by atoms with Crippen LogP contribution in [-0.2, 0) is 4.79 Å². The van der Waals surface area contributed by atoms with Gasteiger partial charge in [0, 0.05) is 24.7 Å². The molecule has 9 heteroatoms. The summed E-state index contributed by atoms with van der Waals surface area (Å²) >= 11 is 0. The Hall–Kier alpha value is -2.45. The third-order valence-corrected chi connectivity index (χ3v) is 5.03. The van der Waals surface area contributed by atoms with Crippen molar-refractivity contribution in [1.82, 2.24) is 10.6 Å². The van der Waals surface area contributed by atoms with E-state index in [1.165, 1.54) is 12.1 Å². The molecule has 0 unspecified atom stereocenters. The van der Waals surface area contributed by atoms with Gasteiger partial charge < -0.3 is 20.7 Å². The molecule has 6 nitrogen and oxygen atoms in total. The molecule has 1 aliphatic heterocycles. The number of nitrogens with one attached hydrogen (secondary N) is 3. The highest BCUT2D eigenvalue weighted by Gasteiger charge is 2.46. The van der Waals surface area contributed by atoms with Crippen LogP contribution in [0, 0.1) is 17.8 Å². The van der Waals surface area contributed by atoms with Crippen LogP contribution in [0.15, 0.2) is 24.3 Å². The van der Waals surface area contributed by atoms with Gasteiger partial charge in [0.1, 0.15) is 5.75 Å². The van der Waals surface area contributed by atoms with Crippen molar-refractivity contribution in [3.63, 3.8) is 0 Å². The van der Waals surface area contributed by atoms with Crippen LogP contribution in [0.4, 0.5) is 23.7 Å². The fraction of sp³-hybridized carbons (Fsp3) is 0.529. The highest BCUT2D eigenvalue weighted by Crippen LogP contribution is 2.41. The molecule has 0 aromatic heterocycles. The van der Waals surface area contributed by atoms with Gasteiger partial charge in [-0.2, -0.15) is 0 Å². The topological polar surface area (TPSA) is 79.5 Å². The average Bonchev–Trinajstić information content (AvgIpc) is 3.01. The van der Waals surface area contributed by atoms with Gasteiger partial charge in [-0.15, -0.1) is 13.2 Å². The normalized spacial score (nSPS) is 27.6. The van der Waals surface area contributed by atoms with Crippen LogP contribution >= 0.6 is 0 Å². The quantitative estimate of drug-likeness (QED) is 0.762. The minimum absolute atomic E-state index is 0.0579. The van der Waals surface area contributed by atoms with Crippen molar-refractivity contribution < 1.29 is 27.5 Å². The van der Waals surface area contributed by atoms with E-state index in [1.54, 1.807) is 0 Å². The molecule has 1 saturated heterocycles. The molecule has 1 heterocycles. The molecule has 3 N–H and O–H groups in total. The lowest BCUT2D eigenvalue weighted by atomic mass is 9.88. The molecule has 2 aliphatic rings. The summed E-state index contributed by atoms with van der Waals surface area (Å²) in [6.07, 6.45) is -3.35. The first-order chi connectivity index (χ1) is 12.2. The molecule has 1 saturated carbocycles. The minimum Gasteiger partial charge on any atom is -0.406 e. The Morgan fingerprint density at radius 2 is 2.00 bits per heavy atom. The molecule has 1 aliphatic carbocycles. The van der Waals surface area contributed by atoms with E-state index in [0.29, 0.717) is 24.6 Å². The number of alkyl halides is 3. The molecule has 3 rings (SSSR count). The number of urea groups is 1. The van der Waals surface area contributed by atoms with Crippen LogP contribution in [0.2, 0.25) is 0 Å². The highest BCUT2D eigenvalue weighted by molar-refractivity contribution is 5.89. The first-order valence-corrected chi connectivity index (χ1v) is 8.41. The molecule has 4 atom stereocenters. The molecular weight excluding hydrogens is 351 g/mol. The Labute approximate surface area is 148 Å². The number of halogens is 3. The van der Waals surface area contributed by atoms with Crippen LogP contribution in [-0.4, -0.2) is 30.9 Å². The standard InChI is InChI=1S/C17H20F3N3O3/c1-9-6-14-12(7-15(24)23-14)13(9)8-21-16(25)22-10-2-4-11(5-3-10)26-17(18,19)20/h2-5,9,12-14H,6-8H2,1H3,(H,23,24)(H2,21,22,25)/t9-,12-,13+,14+/m0/s1. The number of amides is 3. The summed E-state index contributed by atoms with van der Waals surface area (Å²) in [5.41, 5.74) is 0.354. The molecule has 26 heavy (non-hydrogen) atoms. The largest absolute Gasteiger partial charge is 0.573 e. The van der Waals surface area contributed by atoms with Gasteiger partial charge in [0.05, 0.1) is 0 Å². The highest BCUT2D eigenvalue weighted by atomic mass is 19.4. The first-order valence-electron chi connectivity index (χ1n) is 8.41. The van der Waals surface area contributed by atoms with Gasteiger partial charge in [-0.25, -0.2) is 4.79 Å². The number of hydrogen-bond donors (Lipinski definition) is 3. The van der Waals surface area contributed by atoms with Crippen LogP contribution < -0.4 is 20.7 Å². The zero-order valence-corrected chi connectivity index (χ0v) is 14.1. The molecule has 1 aromatic rings. The van der Waals surface area contributed by atoms with Gasteiger partial charge in [-0.3, -0.25) is 4.79 Å². The molecule has 0 radical (unpaired) electrons. The second-order valence-corrected chi connectivity index (χ2v) is 6.83. The molecule has 0 spiro atoms. The van der Waals surface area contributed by atoms with Crippen molar-refractivity contribution in [1.29, 1.82) is 0 Å². The SMILES string of the molecule is C[C@H]1C[C@H]2NC(=O)C[C@H]2[C@@H]1CNC(=O)Nc1ccc(OC(F)(F)F)cc1. The lowest BCUT2D eigenvalue weighted by molar-refractivity contribution is -0.274. The molecule has 0 bridgehead atoms. The van der Waals surface area contributed by atoms with E-state index in [4.69, 9.17) is 0 Å². The lowest BCUT2D eigenvalue weighted by Gasteiger charge is -2.21. The first kappa shape index (κ1) is 18.3. The average molecular weight is 371 g/mol. The Morgan fingerprint density at radius 1 is 1.31 bits per heavy atom. The Morgan fingerprint density at radius 3 is 2.65 bits per heavy atom. The van der Waals surface area contributed by atoms with Gasteiger partial charge in [0.25, 0.3) is 0 Å². The smallest absolute Gasteiger partial charge is 0.406 e. The zero-order valence-electron chi connectivity index (χ0n) is 14.1. The van der Waals surface area contributed by atoms with Crippen molar-refractivity contribution in [3.05, 3.63) is 24.3 Å². The Bertz CT molecular complexity index is 678. The molecule has 2 fully saturated rings. The summed E-state index contributed by atoms with van der Waals surface area (Å²) in [5, 5.41) is 8.32. The summed E-state index contributed by atoms with van der Waals surface area (Å²) in [6, 6.07) is 4.66. The maximum atomic E-state index is 12.1. The van der Waals surface area contributed by atoms with E-state index in [1.807, 2.05) is 0 Å². The lowest BCUT2D eigenvalue weighted by Crippen LogP contribution is -2.36. The number of fused-ring (bicyclic) bond motifs is 1. The second kappa shape index (κ2) is 7.05. The molecule has 142 valence electrons. The van der Waals surface area contributed by atoms with Crippen LogP contribution in [0.1, 0.15) is 19.8 Å². The van der Waals surface area contributed by atoms with E-state index in [0.717, 1.165) is 18.6 Å². The Kier molecular flexibility index (Phi) is 4.97. The summed E-state index contributed by atoms with van der Waals surface area (Å²) in [6.45, 7) is 2.55. The predicted octanol–water partition coefficient (Wildman–Crippen LogP) is 2.87. The maximum Gasteiger partial charge on any atom is 0.573 e. The van der Waals surface area contributed by atoms with Gasteiger partial charge in [-0.1, -0.05) is 6.92 Å². The van der Waals surface area contributed by atoms with E-state index in [-0.39, 0.29) is 29.5 Å². The number of hydrogen-bond acceptors (Lipinski definition) is 3. The van der Waals surface area contributed by atoms with E-state index < -0.39 is 12.4 Å². The van der Waals surface area contributed by atoms with Crippen molar-refractivity contribution in [3.8, 4) is 5.75 Å². The van der Waals surface area contributed by atoms with E-state index in [9.17, 15) is 22.8 Å². The number of anilines is 1. The van der Waals surface area contributed by atoms with Crippen LogP contribution in [0.25, 0.3) is 0 Å². The number of carbonyl (C=O) groups is 2. The van der Waals surface area contributed by atoms with E-state index in [2.05, 4.69) is 27.6 Å². The number of carbonyl (C=O) groups excluding carboxylic acids is 2. The summed E-state index contributed by atoms with van der Waals surface area (Å²) < 4.78 is 40.1. The van der Waals surface area contributed by atoms with Gasteiger partial charge in [0.2, 0.25) is 5.91 Å². The van der Waals surface area contributed by atoms with Crippen molar-refractivity contribution in [2.24, 2.45) is 17.8 Å². The third kappa shape index (κ3) is 4.39. The summed E-state index contributed by atoms with van der Waals surface area (Å²) in [5.74, 6) is 0.545.